The van der Waals surface area contributed by atoms with Gasteiger partial charge in [0.05, 0.1) is 18.3 Å². The van der Waals surface area contributed by atoms with Crippen LogP contribution in [0.15, 0.2) is 23.3 Å². The van der Waals surface area contributed by atoms with Crippen molar-refractivity contribution in [1.29, 1.82) is 0 Å². The molecule has 12 atom stereocenters. The topological polar surface area (TPSA) is 107 Å². The van der Waals surface area contributed by atoms with E-state index in [1.54, 1.807) is 0 Å². The fourth-order valence-electron chi connectivity index (χ4n) is 9.68. The first kappa shape index (κ1) is 26.4. The van der Waals surface area contributed by atoms with Gasteiger partial charge in [0.2, 0.25) is 0 Å². The highest BCUT2D eigenvalue weighted by Gasteiger charge is 2.66. The molecule has 4 N–H and O–H groups in total. The quantitative estimate of drug-likeness (QED) is 0.337. The van der Waals surface area contributed by atoms with Gasteiger partial charge >= 0.3 is 5.97 Å². The zero-order valence-electron chi connectivity index (χ0n) is 22.6. The lowest BCUT2D eigenvalue weighted by molar-refractivity contribution is -0.195. The summed E-state index contributed by atoms with van der Waals surface area (Å²) < 4.78 is 5.11. The molecule has 4 aliphatic carbocycles. The van der Waals surface area contributed by atoms with Crippen LogP contribution in [-0.2, 0) is 9.53 Å². The van der Waals surface area contributed by atoms with E-state index in [0.717, 1.165) is 37.7 Å². The van der Waals surface area contributed by atoms with Crippen molar-refractivity contribution >= 4 is 5.97 Å². The van der Waals surface area contributed by atoms with E-state index in [2.05, 4.69) is 40.7 Å². The lowest BCUT2D eigenvalue weighted by atomic mass is 9.43. The van der Waals surface area contributed by atoms with Crippen LogP contribution in [0.2, 0.25) is 0 Å². The molecule has 0 bridgehead atoms. The van der Waals surface area contributed by atoms with Crippen LogP contribution in [0.1, 0.15) is 79.6 Å². The molecule has 0 saturated heterocycles. The average molecular weight is 503 g/mol. The molecule has 5 aliphatic rings. The summed E-state index contributed by atoms with van der Waals surface area (Å²) in [7, 11) is 0. The number of carbonyl (C=O) groups excluding carboxylic acids is 1. The summed E-state index contributed by atoms with van der Waals surface area (Å²) in [4.78, 5) is 12.0. The third-order valence-corrected chi connectivity index (χ3v) is 12.0. The molecule has 12 unspecified atom stereocenters. The second-order valence-corrected chi connectivity index (χ2v) is 13.6. The summed E-state index contributed by atoms with van der Waals surface area (Å²) in [5.74, 6) is 0.887. The van der Waals surface area contributed by atoms with Crippen LogP contribution in [0.3, 0.4) is 0 Å². The Balaban J connectivity index is 1.38. The van der Waals surface area contributed by atoms with Crippen LogP contribution >= 0.6 is 0 Å². The molecule has 0 aromatic carbocycles. The number of allylic oxidation sites excluding steroid dienone is 2. The van der Waals surface area contributed by atoms with Crippen molar-refractivity contribution < 1.29 is 30.0 Å². The molecule has 3 fully saturated rings. The Labute approximate surface area is 215 Å². The monoisotopic (exact) mass is 502 g/mol. The van der Waals surface area contributed by atoms with Gasteiger partial charge in [0.1, 0.15) is 12.7 Å². The van der Waals surface area contributed by atoms with Crippen molar-refractivity contribution in [3.8, 4) is 0 Å². The van der Waals surface area contributed by atoms with Crippen molar-refractivity contribution in [3.63, 3.8) is 0 Å². The van der Waals surface area contributed by atoms with Crippen LogP contribution in [-0.4, -0.2) is 57.4 Å². The fourth-order valence-corrected chi connectivity index (χ4v) is 9.68. The van der Waals surface area contributed by atoms with Crippen molar-refractivity contribution in [2.24, 2.45) is 45.8 Å². The summed E-state index contributed by atoms with van der Waals surface area (Å²) in [6.45, 7) is 11.9. The Morgan fingerprint density at radius 1 is 1.00 bits per heavy atom. The minimum atomic E-state index is -1.21. The third-order valence-electron chi connectivity index (χ3n) is 12.0. The number of ether oxygens (including phenoxy) is 1. The van der Waals surface area contributed by atoms with Crippen molar-refractivity contribution in [2.75, 3.05) is 6.61 Å². The Morgan fingerprint density at radius 3 is 2.39 bits per heavy atom. The second kappa shape index (κ2) is 8.93. The van der Waals surface area contributed by atoms with E-state index in [9.17, 15) is 25.2 Å². The first-order chi connectivity index (χ1) is 16.8. The molecule has 1 heterocycles. The molecule has 3 saturated carbocycles. The maximum absolute atomic E-state index is 12.0. The van der Waals surface area contributed by atoms with Crippen molar-refractivity contribution in [2.45, 2.75) is 104 Å². The number of carbonyl (C=O) groups is 1. The highest BCUT2D eigenvalue weighted by Crippen LogP contribution is 2.72. The van der Waals surface area contributed by atoms with Gasteiger partial charge in [0.25, 0.3) is 0 Å². The summed E-state index contributed by atoms with van der Waals surface area (Å²) in [5.41, 5.74) is 1.73. The Kier molecular flexibility index (Phi) is 6.55. The molecule has 0 radical (unpaired) electrons. The maximum atomic E-state index is 12.0. The first-order valence-corrected chi connectivity index (χ1v) is 14.1. The molecule has 36 heavy (non-hydrogen) atoms. The first-order valence-electron chi connectivity index (χ1n) is 14.1. The normalized spacial score (nSPS) is 49.8. The van der Waals surface area contributed by atoms with Crippen LogP contribution in [0.5, 0.6) is 0 Å². The molecule has 6 nitrogen and oxygen atoms in total. The van der Waals surface area contributed by atoms with E-state index in [4.69, 9.17) is 4.74 Å². The Morgan fingerprint density at radius 2 is 1.72 bits per heavy atom. The number of aliphatic hydroxyl groups is 4. The lowest BCUT2D eigenvalue weighted by Gasteiger charge is -2.63. The predicted octanol–water partition coefficient (Wildman–Crippen LogP) is 3.76. The number of aliphatic hydroxyl groups excluding tert-OH is 4. The van der Waals surface area contributed by atoms with E-state index < -0.39 is 35.7 Å². The highest BCUT2D eigenvalue weighted by atomic mass is 16.5. The van der Waals surface area contributed by atoms with E-state index >= 15 is 0 Å². The lowest BCUT2D eigenvalue weighted by Crippen LogP contribution is -2.64. The molecule has 6 heteroatoms. The van der Waals surface area contributed by atoms with E-state index in [0.29, 0.717) is 31.3 Å². The van der Waals surface area contributed by atoms with Crippen molar-refractivity contribution in [1.82, 2.24) is 0 Å². The fraction of sp³-hybridized carbons (Fsp3) is 0.833. The van der Waals surface area contributed by atoms with Gasteiger partial charge in [0.15, 0.2) is 0 Å². The Hall–Kier alpha value is -1.21. The molecule has 5 rings (SSSR count). The number of rotatable bonds is 5. The molecule has 0 aromatic rings. The second-order valence-electron chi connectivity index (χ2n) is 13.6. The zero-order valence-corrected chi connectivity index (χ0v) is 22.6. The molecular formula is C30H46O6. The summed E-state index contributed by atoms with van der Waals surface area (Å²) in [5, 5.41) is 43.1. The van der Waals surface area contributed by atoms with Gasteiger partial charge in [0, 0.05) is 11.5 Å². The third kappa shape index (κ3) is 3.61. The number of hydrogen-bond acceptors (Lipinski definition) is 6. The van der Waals surface area contributed by atoms with Gasteiger partial charge in [-0.15, -0.1) is 0 Å². The number of esters is 1. The molecule has 0 spiro atoms. The van der Waals surface area contributed by atoms with E-state index in [-0.39, 0.29) is 28.6 Å². The zero-order chi connectivity index (χ0) is 26.2. The average Bonchev–Trinajstić information content (AvgIpc) is 3.36. The van der Waals surface area contributed by atoms with Gasteiger partial charge < -0.3 is 25.2 Å². The summed E-state index contributed by atoms with van der Waals surface area (Å²) >= 11 is 0. The SMILES string of the molecule is CC(CCC(C)C1CCC2(C)C3CC(O)C4C(O)C(O)C(O)CC4(C)C3=CCC12C)C1=CCOC1=O. The van der Waals surface area contributed by atoms with Gasteiger partial charge in [-0.2, -0.15) is 0 Å². The molecular weight excluding hydrogens is 456 g/mol. The van der Waals surface area contributed by atoms with Crippen LogP contribution < -0.4 is 0 Å². The van der Waals surface area contributed by atoms with E-state index in [1.807, 2.05) is 6.08 Å². The highest BCUT2D eigenvalue weighted by molar-refractivity contribution is 5.90. The Bertz CT molecular complexity index is 957. The number of cyclic esters (lactones) is 1. The summed E-state index contributed by atoms with van der Waals surface area (Å²) in [6, 6.07) is 0. The van der Waals surface area contributed by atoms with Crippen LogP contribution in [0.4, 0.5) is 0 Å². The predicted molar refractivity (Wildman–Crippen MR) is 137 cm³/mol. The van der Waals surface area contributed by atoms with Gasteiger partial charge in [-0.1, -0.05) is 46.3 Å². The number of fused-ring (bicyclic) bond motifs is 5. The van der Waals surface area contributed by atoms with Crippen LogP contribution in [0, 0.1) is 45.8 Å². The van der Waals surface area contributed by atoms with Gasteiger partial charge in [-0.3, -0.25) is 0 Å². The molecule has 202 valence electrons. The maximum Gasteiger partial charge on any atom is 0.334 e. The minimum absolute atomic E-state index is 0.0281. The van der Waals surface area contributed by atoms with Gasteiger partial charge in [-0.25, -0.2) is 4.79 Å². The molecule has 1 aliphatic heterocycles. The van der Waals surface area contributed by atoms with Crippen molar-refractivity contribution in [3.05, 3.63) is 23.3 Å². The summed E-state index contributed by atoms with van der Waals surface area (Å²) in [6.07, 6.45) is 6.55. The smallest absolute Gasteiger partial charge is 0.334 e. The van der Waals surface area contributed by atoms with E-state index in [1.165, 1.54) is 5.57 Å². The largest absolute Gasteiger partial charge is 0.458 e. The van der Waals surface area contributed by atoms with Crippen LogP contribution in [0.25, 0.3) is 0 Å². The minimum Gasteiger partial charge on any atom is -0.458 e. The van der Waals surface area contributed by atoms with Gasteiger partial charge in [-0.05, 0) is 90.9 Å². The molecule has 0 aromatic heterocycles. The molecule has 0 amide bonds. The number of hydrogen-bond donors (Lipinski definition) is 4. The standard InChI is InChI=1S/C30H46O6/c1-16(18-10-13-36-27(18)35)6-7-17(2)19-8-11-30(5)21-14-22(31)24-26(34)25(33)23(32)15-28(24,3)20(21)9-12-29(19,30)4/h9-10,16-17,19,21-26,31-34H,6-8,11-15H2,1-5H3.